The lowest BCUT2D eigenvalue weighted by Crippen LogP contribution is -1.92. The van der Waals surface area contributed by atoms with Gasteiger partial charge >= 0.3 is 7.82 Å². The number of aryl methyl sites for hydroxylation is 2. The number of phosphoric acid groups is 1. The second-order valence-electron chi connectivity index (χ2n) is 2.40. The van der Waals surface area contributed by atoms with Crippen LogP contribution in [0, 0.1) is 13.8 Å². The maximum Gasteiger partial charge on any atom is 0.466 e. The van der Waals surface area contributed by atoms with Crippen molar-refractivity contribution in [2.24, 2.45) is 7.05 Å². The first kappa shape index (κ1) is 12.2. The first-order chi connectivity index (χ1) is 5.72. The van der Waals surface area contributed by atoms with E-state index in [2.05, 4.69) is 10.3 Å². The molecule has 3 N–H and O–H groups in total. The topological polar surface area (TPSA) is 108 Å². The molecule has 13 heavy (non-hydrogen) atoms. The smallest absolute Gasteiger partial charge is 0.303 e. The van der Waals surface area contributed by atoms with Crippen LogP contribution in [0.2, 0.25) is 0 Å². The molecule has 0 aliphatic carbocycles. The number of hydrogen-bond acceptors (Lipinski definition) is 3. The van der Waals surface area contributed by atoms with E-state index in [1.807, 2.05) is 20.9 Å². The van der Waals surface area contributed by atoms with E-state index in [1.54, 1.807) is 4.68 Å². The number of aromatic nitrogens is 3. The van der Waals surface area contributed by atoms with Gasteiger partial charge in [-0.3, -0.25) is 4.68 Å². The molecule has 7 nitrogen and oxygen atoms in total. The molecule has 0 saturated carbocycles. The van der Waals surface area contributed by atoms with Crippen LogP contribution in [0.15, 0.2) is 0 Å². The van der Waals surface area contributed by atoms with Gasteiger partial charge in [0.05, 0.1) is 11.4 Å². The minimum atomic E-state index is -4.64. The largest absolute Gasteiger partial charge is 0.466 e. The zero-order chi connectivity index (χ0) is 10.6. The summed E-state index contributed by atoms with van der Waals surface area (Å²) in [5, 5.41) is 7.61. The van der Waals surface area contributed by atoms with Gasteiger partial charge in [0.25, 0.3) is 0 Å². The summed E-state index contributed by atoms with van der Waals surface area (Å²) >= 11 is 0. The summed E-state index contributed by atoms with van der Waals surface area (Å²) in [5.74, 6) is 0. The third-order valence-corrected chi connectivity index (χ3v) is 1.34. The molecule has 1 aromatic rings. The highest BCUT2D eigenvalue weighted by molar-refractivity contribution is 7.45. The Morgan fingerprint density at radius 3 is 1.77 bits per heavy atom. The summed E-state index contributed by atoms with van der Waals surface area (Å²) < 4.78 is 10.6. The molecule has 0 spiro atoms. The Hall–Kier alpha value is -0.750. The van der Waals surface area contributed by atoms with Crippen molar-refractivity contribution >= 4 is 7.82 Å². The Morgan fingerprint density at radius 1 is 1.31 bits per heavy atom. The first-order valence-electron chi connectivity index (χ1n) is 3.33. The highest BCUT2D eigenvalue weighted by Gasteiger charge is 2.00. The number of rotatable bonds is 0. The van der Waals surface area contributed by atoms with E-state index in [0.29, 0.717) is 0 Å². The van der Waals surface area contributed by atoms with Gasteiger partial charge in [0.15, 0.2) is 0 Å². The Kier molecular flexibility index (Phi) is 4.22. The molecule has 0 bridgehead atoms. The van der Waals surface area contributed by atoms with Crippen molar-refractivity contribution in [1.29, 1.82) is 0 Å². The molecule has 0 radical (unpaired) electrons. The van der Waals surface area contributed by atoms with Gasteiger partial charge in [0.2, 0.25) is 0 Å². The molecule has 1 aromatic heterocycles. The lowest BCUT2D eigenvalue weighted by atomic mass is 10.4. The Morgan fingerprint density at radius 2 is 1.69 bits per heavy atom. The molecule has 0 fully saturated rings. The first-order valence-corrected chi connectivity index (χ1v) is 4.89. The molecule has 1 heterocycles. The van der Waals surface area contributed by atoms with E-state index in [9.17, 15) is 0 Å². The molecule has 0 saturated heterocycles. The molecule has 1 rings (SSSR count). The molecule has 0 aliphatic rings. The van der Waals surface area contributed by atoms with Crippen molar-refractivity contribution in [2.75, 3.05) is 0 Å². The summed E-state index contributed by atoms with van der Waals surface area (Å²) in [4.78, 5) is 21.6. The summed E-state index contributed by atoms with van der Waals surface area (Å²) in [5.41, 5.74) is 2.14. The van der Waals surface area contributed by atoms with Crippen LogP contribution in [0.1, 0.15) is 11.4 Å². The zero-order valence-corrected chi connectivity index (χ0v) is 8.43. The monoisotopic (exact) mass is 209 g/mol. The molecule has 0 aromatic carbocycles. The van der Waals surface area contributed by atoms with E-state index < -0.39 is 7.82 Å². The van der Waals surface area contributed by atoms with Gasteiger partial charge in [-0.2, -0.15) is 0 Å². The highest BCUT2D eigenvalue weighted by atomic mass is 31.2. The van der Waals surface area contributed by atoms with Gasteiger partial charge in [0.1, 0.15) is 0 Å². The molecule has 0 amide bonds. The second kappa shape index (κ2) is 4.48. The Bertz CT molecular complexity index is 290. The van der Waals surface area contributed by atoms with E-state index in [-0.39, 0.29) is 0 Å². The Labute approximate surface area is 75.3 Å². The fraction of sp³-hybridized carbons (Fsp3) is 0.600. The van der Waals surface area contributed by atoms with Crippen molar-refractivity contribution in [3.05, 3.63) is 11.4 Å². The molecular formula is C5H12N3O4P. The summed E-state index contributed by atoms with van der Waals surface area (Å²) in [7, 11) is -2.75. The van der Waals surface area contributed by atoms with Crippen LogP contribution in [-0.4, -0.2) is 29.7 Å². The predicted molar refractivity (Wildman–Crippen MR) is 44.7 cm³/mol. The van der Waals surface area contributed by atoms with Crippen molar-refractivity contribution in [3.63, 3.8) is 0 Å². The highest BCUT2D eigenvalue weighted by Crippen LogP contribution is 2.25. The third kappa shape index (κ3) is 6.41. The quantitative estimate of drug-likeness (QED) is 0.497. The summed E-state index contributed by atoms with van der Waals surface area (Å²) in [6.45, 7) is 3.94. The third-order valence-electron chi connectivity index (χ3n) is 1.34. The van der Waals surface area contributed by atoms with Crippen LogP contribution in [-0.2, 0) is 11.6 Å². The Balaban J connectivity index is 0.000000252. The maximum absolute atomic E-state index is 8.88. The van der Waals surface area contributed by atoms with E-state index >= 15 is 0 Å². The van der Waals surface area contributed by atoms with Gasteiger partial charge in [-0.25, -0.2) is 4.57 Å². The molecule has 0 aliphatic heterocycles. The molecule has 76 valence electrons. The van der Waals surface area contributed by atoms with Gasteiger partial charge < -0.3 is 14.7 Å². The van der Waals surface area contributed by atoms with Crippen LogP contribution in [0.4, 0.5) is 0 Å². The number of nitrogens with zero attached hydrogens (tertiary/aromatic N) is 3. The number of hydrogen-bond donors (Lipinski definition) is 3. The van der Waals surface area contributed by atoms with Crippen LogP contribution < -0.4 is 0 Å². The van der Waals surface area contributed by atoms with Gasteiger partial charge in [0, 0.05) is 7.05 Å². The SMILES string of the molecule is Cc1nnn(C)c1C.O=P(O)(O)O. The molecular weight excluding hydrogens is 197 g/mol. The van der Waals surface area contributed by atoms with Gasteiger partial charge in [-0.05, 0) is 13.8 Å². The summed E-state index contributed by atoms with van der Waals surface area (Å²) in [6, 6.07) is 0. The summed E-state index contributed by atoms with van der Waals surface area (Å²) in [6.07, 6.45) is 0. The average molecular weight is 209 g/mol. The van der Waals surface area contributed by atoms with Crippen molar-refractivity contribution in [2.45, 2.75) is 13.8 Å². The molecule has 0 atom stereocenters. The maximum atomic E-state index is 8.88. The van der Waals surface area contributed by atoms with Crippen molar-refractivity contribution in [3.8, 4) is 0 Å². The van der Waals surface area contributed by atoms with Crippen LogP contribution in [0.5, 0.6) is 0 Å². The van der Waals surface area contributed by atoms with Crippen LogP contribution in [0.25, 0.3) is 0 Å². The fourth-order valence-corrected chi connectivity index (χ4v) is 0.508. The van der Waals surface area contributed by atoms with E-state index in [4.69, 9.17) is 19.2 Å². The van der Waals surface area contributed by atoms with Crippen molar-refractivity contribution in [1.82, 2.24) is 15.0 Å². The van der Waals surface area contributed by atoms with Crippen LogP contribution in [0.3, 0.4) is 0 Å². The standard InChI is InChI=1S/C5H9N3.H3O4P/c1-4-5(2)8(3)7-6-4;1-5(2,3)4/h1-3H3;(H3,1,2,3,4). The van der Waals surface area contributed by atoms with Crippen LogP contribution >= 0.6 is 7.82 Å². The normalized spacial score (nSPS) is 10.6. The van der Waals surface area contributed by atoms with Crippen molar-refractivity contribution < 1.29 is 19.2 Å². The van der Waals surface area contributed by atoms with Gasteiger partial charge in [-0.15, -0.1) is 5.10 Å². The minimum Gasteiger partial charge on any atom is -0.303 e. The fourth-order valence-electron chi connectivity index (χ4n) is 0.508. The molecule has 0 unspecified atom stereocenters. The zero-order valence-electron chi connectivity index (χ0n) is 7.54. The predicted octanol–water partition coefficient (Wildman–Crippen LogP) is -0.497. The van der Waals surface area contributed by atoms with Gasteiger partial charge in [-0.1, -0.05) is 5.21 Å². The lowest BCUT2D eigenvalue weighted by Gasteiger charge is -1.87. The van der Waals surface area contributed by atoms with E-state index in [1.165, 1.54) is 0 Å². The van der Waals surface area contributed by atoms with E-state index in [0.717, 1.165) is 11.4 Å². The lowest BCUT2D eigenvalue weighted by molar-refractivity contribution is 0.275. The minimum absolute atomic E-state index is 1.01. The molecule has 8 heteroatoms. The average Bonchev–Trinajstić information content (AvgIpc) is 2.16. The second-order valence-corrected chi connectivity index (χ2v) is 3.42.